The highest BCUT2D eigenvalue weighted by Crippen LogP contribution is 2.44. The van der Waals surface area contributed by atoms with E-state index in [0.717, 1.165) is 12.3 Å². The van der Waals surface area contributed by atoms with E-state index in [4.69, 9.17) is 16.3 Å². The highest BCUT2D eigenvalue weighted by molar-refractivity contribution is 6.30. The first-order chi connectivity index (χ1) is 9.20. The lowest BCUT2D eigenvalue weighted by molar-refractivity contribution is -0.124. The van der Waals surface area contributed by atoms with Crippen LogP contribution in [0.4, 0.5) is 0 Å². The van der Waals surface area contributed by atoms with Crippen LogP contribution in [-0.2, 0) is 4.79 Å². The summed E-state index contributed by atoms with van der Waals surface area (Å²) in [4.78, 5) is 11.9. The van der Waals surface area contributed by atoms with Gasteiger partial charge in [0.2, 0.25) is 0 Å². The molecule has 0 heterocycles. The molecule has 3 unspecified atom stereocenters. The first-order valence-electron chi connectivity index (χ1n) is 6.88. The first-order valence-corrected chi connectivity index (χ1v) is 7.26. The second kappa shape index (κ2) is 5.41. The molecule has 1 aromatic rings. The fourth-order valence-electron chi connectivity index (χ4n) is 3.38. The van der Waals surface area contributed by atoms with E-state index in [1.165, 1.54) is 19.3 Å². The largest absolute Gasteiger partial charge is 0.484 e. The second-order valence-corrected chi connectivity index (χ2v) is 6.03. The minimum Gasteiger partial charge on any atom is -0.484 e. The van der Waals surface area contributed by atoms with Crippen LogP contribution in [0.1, 0.15) is 25.7 Å². The molecular weight excluding hydrogens is 262 g/mol. The summed E-state index contributed by atoms with van der Waals surface area (Å²) in [5.41, 5.74) is 0. The smallest absolute Gasteiger partial charge is 0.258 e. The molecule has 2 aliphatic carbocycles. The molecule has 0 aliphatic heterocycles. The van der Waals surface area contributed by atoms with Gasteiger partial charge in [-0.05, 0) is 49.3 Å². The molecule has 0 spiro atoms. The van der Waals surface area contributed by atoms with Crippen LogP contribution in [0.5, 0.6) is 5.75 Å². The van der Waals surface area contributed by atoms with Crippen molar-refractivity contribution < 1.29 is 9.53 Å². The normalized spacial score (nSPS) is 28.4. The van der Waals surface area contributed by atoms with E-state index < -0.39 is 0 Å². The van der Waals surface area contributed by atoms with Gasteiger partial charge in [-0.15, -0.1) is 0 Å². The second-order valence-electron chi connectivity index (χ2n) is 5.59. The Morgan fingerprint density at radius 2 is 2.26 bits per heavy atom. The van der Waals surface area contributed by atoms with Crippen LogP contribution in [0, 0.1) is 11.8 Å². The van der Waals surface area contributed by atoms with E-state index in [2.05, 4.69) is 5.32 Å². The van der Waals surface area contributed by atoms with Crippen molar-refractivity contribution in [3.63, 3.8) is 0 Å². The highest BCUT2D eigenvalue weighted by Gasteiger charge is 2.40. The van der Waals surface area contributed by atoms with Gasteiger partial charge in [-0.25, -0.2) is 0 Å². The van der Waals surface area contributed by atoms with Gasteiger partial charge in [0.15, 0.2) is 6.61 Å². The fraction of sp³-hybridized carbons (Fsp3) is 0.533. The molecule has 1 N–H and O–H groups in total. The SMILES string of the molecule is O=C(COc1cccc(Cl)c1)NC1CC2CCC1C2. The number of carbonyl (C=O) groups is 1. The lowest BCUT2D eigenvalue weighted by atomic mass is 9.95. The van der Waals surface area contributed by atoms with Crippen molar-refractivity contribution in [3.05, 3.63) is 29.3 Å². The van der Waals surface area contributed by atoms with Gasteiger partial charge in [0.25, 0.3) is 5.91 Å². The number of hydrogen-bond acceptors (Lipinski definition) is 2. The molecule has 19 heavy (non-hydrogen) atoms. The van der Waals surface area contributed by atoms with Crippen LogP contribution < -0.4 is 10.1 Å². The summed E-state index contributed by atoms with van der Waals surface area (Å²) in [6.07, 6.45) is 5.05. The zero-order valence-corrected chi connectivity index (χ0v) is 11.5. The van der Waals surface area contributed by atoms with Gasteiger partial charge < -0.3 is 10.1 Å². The number of benzene rings is 1. The molecule has 3 atom stereocenters. The van der Waals surface area contributed by atoms with Crippen molar-refractivity contribution in [2.75, 3.05) is 6.61 Å². The predicted molar refractivity (Wildman–Crippen MR) is 74.3 cm³/mol. The molecule has 2 saturated carbocycles. The van der Waals surface area contributed by atoms with Crippen LogP contribution in [0.15, 0.2) is 24.3 Å². The highest BCUT2D eigenvalue weighted by atomic mass is 35.5. The summed E-state index contributed by atoms with van der Waals surface area (Å²) in [6.45, 7) is 0.0637. The first kappa shape index (κ1) is 12.8. The van der Waals surface area contributed by atoms with Gasteiger partial charge >= 0.3 is 0 Å². The number of hydrogen-bond donors (Lipinski definition) is 1. The van der Waals surface area contributed by atoms with E-state index in [-0.39, 0.29) is 12.5 Å². The van der Waals surface area contributed by atoms with Gasteiger partial charge in [0.1, 0.15) is 5.75 Å². The molecule has 0 radical (unpaired) electrons. The Labute approximate surface area is 118 Å². The summed E-state index contributed by atoms with van der Waals surface area (Å²) >= 11 is 5.86. The van der Waals surface area contributed by atoms with Crippen molar-refractivity contribution in [1.29, 1.82) is 0 Å². The van der Waals surface area contributed by atoms with Gasteiger partial charge in [-0.3, -0.25) is 4.79 Å². The molecule has 4 heteroatoms. The summed E-state index contributed by atoms with van der Waals surface area (Å²) in [6, 6.07) is 7.48. The van der Waals surface area contributed by atoms with E-state index >= 15 is 0 Å². The van der Waals surface area contributed by atoms with Crippen LogP contribution in [0.2, 0.25) is 5.02 Å². The van der Waals surface area contributed by atoms with Crippen LogP contribution in [0.3, 0.4) is 0 Å². The molecule has 0 aromatic heterocycles. The minimum absolute atomic E-state index is 0.0301. The molecule has 1 aromatic carbocycles. The maximum atomic E-state index is 11.9. The number of ether oxygens (including phenoxy) is 1. The van der Waals surface area contributed by atoms with E-state index in [1.54, 1.807) is 18.2 Å². The zero-order valence-electron chi connectivity index (χ0n) is 10.8. The van der Waals surface area contributed by atoms with Crippen molar-refractivity contribution in [1.82, 2.24) is 5.32 Å². The number of rotatable bonds is 4. The lowest BCUT2D eigenvalue weighted by Crippen LogP contribution is -2.40. The molecular formula is C15H18ClNO2. The standard InChI is InChI=1S/C15H18ClNO2/c16-12-2-1-3-13(8-12)19-9-15(18)17-14-7-10-4-5-11(14)6-10/h1-3,8,10-11,14H,4-7,9H2,(H,17,18). The van der Waals surface area contributed by atoms with Crippen LogP contribution >= 0.6 is 11.6 Å². The van der Waals surface area contributed by atoms with Crippen molar-refractivity contribution in [2.45, 2.75) is 31.7 Å². The van der Waals surface area contributed by atoms with E-state index in [1.807, 2.05) is 6.07 Å². The Morgan fingerprint density at radius 1 is 1.37 bits per heavy atom. The van der Waals surface area contributed by atoms with Gasteiger partial charge in [-0.1, -0.05) is 24.1 Å². The predicted octanol–water partition coefficient (Wildman–Crippen LogP) is 3.02. The summed E-state index contributed by atoms with van der Waals surface area (Å²) in [5, 5.41) is 3.71. The molecule has 0 saturated heterocycles. The van der Waals surface area contributed by atoms with Crippen molar-refractivity contribution >= 4 is 17.5 Å². The molecule has 2 fully saturated rings. The third-order valence-electron chi connectivity index (χ3n) is 4.25. The fourth-order valence-corrected chi connectivity index (χ4v) is 3.56. The van der Waals surface area contributed by atoms with E-state index in [0.29, 0.717) is 22.7 Å². The zero-order chi connectivity index (χ0) is 13.2. The Kier molecular flexibility index (Phi) is 3.65. The average molecular weight is 280 g/mol. The quantitative estimate of drug-likeness (QED) is 0.920. The number of carbonyl (C=O) groups excluding carboxylic acids is 1. The Hall–Kier alpha value is -1.22. The Balaban J connectivity index is 1.47. The number of nitrogens with one attached hydrogen (secondary N) is 1. The topological polar surface area (TPSA) is 38.3 Å². The number of fused-ring (bicyclic) bond motifs is 2. The summed E-state index contributed by atoms with van der Waals surface area (Å²) in [7, 11) is 0. The maximum Gasteiger partial charge on any atom is 0.258 e. The van der Waals surface area contributed by atoms with Crippen molar-refractivity contribution in [3.8, 4) is 5.75 Å². The lowest BCUT2D eigenvalue weighted by Gasteiger charge is -2.22. The average Bonchev–Trinajstić information content (AvgIpc) is 2.99. The molecule has 3 rings (SSSR count). The van der Waals surface area contributed by atoms with Crippen LogP contribution in [-0.4, -0.2) is 18.6 Å². The monoisotopic (exact) mass is 279 g/mol. The number of amides is 1. The third-order valence-corrected chi connectivity index (χ3v) is 4.49. The maximum absolute atomic E-state index is 11.9. The van der Waals surface area contributed by atoms with Crippen molar-refractivity contribution in [2.24, 2.45) is 11.8 Å². The summed E-state index contributed by atoms with van der Waals surface area (Å²) < 4.78 is 5.44. The Bertz CT molecular complexity index is 477. The molecule has 1 amide bonds. The van der Waals surface area contributed by atoms with Crippen LogP contribution in [0.25, 0.3) is 0 Å². The van der Waals surface area contributed by atoms with E-state index in [9.17, 15) is 4.79 Å². The Morgan fingerprint density at radius 3 is 2.95 bits per heavy atom. The summed E-state index contributed by atoms with van der Waals surface area (Å²) in [5.74, 6) is 2.14. The molecule has 3 nitrogen and oxygen atoms in total. The molecule has 102 valence electrons. The van der Waals surface area contributed by atoms with Gasteiger partial charge in [0, 0.05) is 11.1 Å². The number of halogens is 1. The van der Waals surface area contributed by atoms with Gasteiger partial charge in [0.05, 0.1) is 0 Å². The minimum atomic E-state index is -0.0301. The molecule has 2 aliphatic rings. The third kappa shape index (κ3) is 3.03. The van der Waals surface area contributed by atoms with Gasteiger partial charge in [-0.2, -0.15) is 0 Å². The molecule has 2 bridgehead atoms.